The number of aromatic carboxylic acids is 1. The lowest BCUT2D eigenvalue weighted by Gasteiger charge is -2.20. The quantitative estimate of drug-likeness (QED) is 0.611. The number of nitro groups is 1. The van der Waals surface area contributed by atoms with Crippen LogP contribution in [0.1, 0.15) is 22.8 Å². The summed E-state index contributed by atoms with van der Waals surface area (Å²) in [4.78, 5) is 23.4. The topological polar surface area (TPSA) is 95.7 Å². The largest absolute Gasteiger partial charge is 0.478 e. The van der Waals surface area contributed by atoms with Crippen LogP contribution in [-0.4, -0.2) is 47.6 Å². The normalized spacial score (nSPS) is 12.2. The third-order valence-corrected chi connectivity index (χ3v) is 2.86. The molecule has 20 heavy (non-hydrogen) atoms. The maximum Gasteiger partial charge on any atom is 0.336 e. The molecule has 1 aromatic carbocycles. The Morgan fingerprint density at radius 3 is 2.55 bits per heavy atom. The molecule has 0 heterocycles. The van der Waals surface area contributed by atoms with E-state index >= 15 is 0 Å². The van der Waals surface area contributed by atoms with E-state index in [1.165, 1.54) is 6.07 Å². The Morgan fingerprint density at radius 1 is 1.50 bits per heavy atom. The molecule has 0 aliphatic carbocycles. The molecule has 0 radical (unpaired) electrons. The van der Waals surface area contributed by atoms with Crippen molar-refractivity contribution >= 4 is 17.3 Å². The lowest BCUT2D eigenvalue weighted by molar-refractivity contribution is -0.385. The van der Waals surface area contributed by atoms with E-state index in [4.69, 9.17) is 5.11 Å². The van der Waals surface area contributed by atoms with E-state index in [1.54, 1.807) is 6.92 Å². The fourth-order valence-electron chi connectivity index (χ4n) is 2.02. The molecule has 0 saturated carbocycles. The van der Waals surface area contributed by atoms with Gasteiger partial charge in [0.15, 0.2) is 0 Å². The van der Waals surface area contributed by atoms with Crippen molar-refractivity contribution in [3.8, 4) is 0 Å². The van der Waals surface area contributed by atoms with Crippen LogP contribution in [0, 0.1) is 17.0 Å². The zero-order valence-corrected chi connectivity index (χ0v) is 12.0. The number of likely N-dealkylation sites (N-methyl/N-ethyl adjacent to an activating group) is 1. The second-order valence-corrected chi connectivity index (χ2v) is 5.04. The molecule has 0 fully saturated rings. The minimum absolute atomic E-state index is 0.0346. The van der Waals surface area contributed by atoms with Crippen LogP contribution in [0.3, 0.4) is 0 Å². The van der Waals surface area contributed by atoms with Crippen LogP contribution in [0.25, 0.3) is 0 Å². The summed E-state index contributed by atoms with van der Waals surface area (Å²) in [7, 11) is 3.84. The highest BCUT2D eigenvalue weighted by Crippen LogP contribution is 2.28. The maximum atomic E-state index is 11.0. The summed E-state index contributed by atoms with van der Waals surface area (Å²) in [6.45, 7) is 4.26. The number of nitrogens with one attached hydrogen (secondary N) is 1. The Kier molecular flexibility index (Phi) is 5.04. The van der Waals surface area contributed by atoms with Crippen molar-refractivity contribution < 1.29 is 14.8 Å². The molecule has 7 nitrogen and oxygen atoms in total. The van der Waals surface area contributed by atoms with Gasteiger partial charge in [-0.3, -0.25) is 10.1 Å². The Morgan fingerprint density at radius 2 is 2.10 bits per heavy atom. The minimum Gasteiger partial charge on any atom is -0.478 e. The Hall–Kier alpha value is -2.15. The van der Waals surface area contributed by atoms with Crippen LogP contribution in [0.15, 0.2) is 12.1 Å². The molecule has 0 amide bonds. The van der Waals surface area contributed by atoms with E-state index in [9.17, 15) is 14.9 Å². The number of nitro benzene ring substituents is 1. The Bertz CT molecular complexity index is 529. The van der Waals surface area contributed by atoms with Gasteiger partial charge >= 0.3 is 5.97 Å². The first-order chi connectivity index (χ1) is 9.22. The Labute approximate surface area is 117 Å². The van der Waals surface area contributed by atoms with Gasteiger partial charge in [0.1, 0.15) is 0 Å². The number of nitrogens with zero attached hydrogens (tertiary/aromatic N) is 2. The van der Waals surface area contributed by atoms with Gasteiger partial charge in [0.05, 0.1) is 10.5 Å². The predicted molar refractivity (Wildman–Crippen MR) is 76.4 cm³/mol. The molecule has 1 aromatic rings. The first kappa shape index (κ1) is 15.9. The van der Waals surface area contributed by atoms with Gasteiger partial charge in [-0.1, -0.05) is 0 Å². The number of benzene rings is 1. The van der Waals surface area contributed by atoms with Crippen LogP contribution < -0.4 is 5.32 Å². The van der Waals surface area contributed by atoms with Gasteiger partial charge in [-0.2, -0.15) is 0 Å². The number of hydrogen-bond acceptors (Lipinski definition) is 5. The standard InChI is InChI=1S/C13H19N3O4/c1-8(7-15(3)4)14-11-5-10(13(17)18)6-12(9(11)2)16(19)20/h5-6,8,14H,7H2,1-4H3,(H,17,18). The van der Waals surface area contributed by atoms with Crippen molar-refractivity contribution in [1.29, 1.82) is 0 Å². The molecule has 0 aliphatic rings. The molecule has 1 unspecified atom stereocenters. The monoisotopic (exact) mass is 281 g/mol. The van der Waals surface area contributed by atoms with Gasteiger partial charge in [-0.25, -0.2) is 4.79 Å². The van der Waals surface area contributed by atoms with E-state index in [1.807, 2.05) is 25.9 Å². The average Bonchev–Trinajstić information content (AvgIpc) is 2.29. The summed E-state index contributed by atoms with van der Waals surface area (Å²) in [5.41, 5.74) is 0.628. The zero-order chi connectivity index (χ0) is 15.4. The first-order valence-corrected chi connectivity index (χ1v) is 6.16. The minimum atomic E-state index is -1.18. The number of hydrogen-bond donors (Lipinski definition) is 2. The molecule has 0 aromatic heterocycles. The molecule has 0 aliphatic heterocycles. The van der Waals surface area contributed by atoms with Gasteiger partial charge in [0.2, 0.25) is 0 Å². The summed E-state index contributed by atoms with van der Waals surface area (Å²) in [6, 6.07) is 2.54. The summed E-state index contributed by atoms with van der Waals surface area (Å²) >= 11 is 0. The van der Waals surface area contributed by atoms with E-state index in [2.05, 4.69) is 5.32 Å². The average molecular weight is 281 g/mol. The van der Waals surface area contributed by atoms with Crippen LogP contribution in [0.5, 0.6) is 0 Å². The maximum absolute atomic E-state index is 11.0. The highest BCUT2D eigenvalue weighted by molar-refractivity contribution is 5.90. The van der Waals surface area contributed by atoms with E-state index in [-0.39, 0.29) is 17.3 Å². The summed E-state index contributed by atoms with van der Waals surface area (Å²) in [6.07, 6.45) is 0. The molecule has 1 atom stereocenters. The molecule has 2 N–H and O–H groups in total. The van der Waals surface area contributed by atoms with Crippen LogP contribution >= 0.6 is 0 Å². The fraction of sp³-hybridized carbons (Fsp3) is 0.462. The summed E-state index contributed by atoms with van der Waals surface area (Å²) < 4.78 is 0. The second kappa shape index (κ2) is 6.33. The van der Waals surface area contributed by atoms with E-state index in [0.29, 0.717) is 11.3 Å². The molecule has 0 bridgehead atoms. The third-order valence-electron chi connectivity index (χ3n) is 2.86. The van der Waals surface area contributed by atoms with Crippen LogP contribution in [-0.2, 0) is 0 Å². The Balaban J connectivity index is 3.17. The molecule has 0 saturated heterocycles. The highest BCUT2D eigenvalue weighted by atomic mass is 16.6. The van der Waals surface area contributed by atoms with Crippen LogP contribution in [0.4, 0.5) is 11.4 Å². The van der Waals surface area contributed by atoms with Gasteiger partial charge in [0.25, 0.3) is 5.69 Å². The lowest BCUT2D eigenvalue weighted by Crippen LogP contribution is -2.30. The van der Waals surface area contributed by atoms with E-state index < -0.39 is 10.9 Å². The number of carbonyl (C=O) groups is 1. The van der Waals surface area contributed by atoms with Gasteiger partial charge < -0.3 is 15.3 Å². The SMILES string of the molecule is Cc1c(NC(C)CN(C)C)cc(C(=O)O)cc1[N+](=O)[O-]. The highest BCUT2D eigenvalue weighted by Gasteiger charge is 2.19. The molecular weight excluding hydrogens is 262 g/mol. The molecule has 0 spiro atoms. The number of anilines is 1. The lowest BCUT2D eigenvalue weighted by atomic mass is 10.1. The van der Waals surface area contributed by atoms with Crippen molar-refractivity contribution in [2.75, 3.05) is 26.0 Å². The summed E-state index contributed by atoms with van der Waals surface area (Å²) in [5.74, 6) is -1.18. The molecule has 7 heteroatoms. The zero-order valence-electron chi connectivity index (χ0n) is 12.0. The molecule has 1 rings (SSSR count). The molecule has 110 valence electrons. The second-order valence-electron chi connectivity index (χ2n) is 5.04. The summed E-state index contributed by atoms with van der Waals surface area (Å²) in [5, 5.41) is 23.1. The third kappa shape index (κ3) is 3.92. The van der Waals surface area contributed by atoms with Crippen molar-refractivity contribution in [2.24, 2.45) is 0 Å². The van der Waals surface area contributed by atoms with Crippen molar-refractivity contribution in [3.05, 3.63) is 33.4 Å². The van der Waals surface area contributed by atoms with E-state index in [0.717, 1.165) is 12.6 Å². The fourth-order valence-corrected chi connectivity index (χ4v) is 2.02. The number of carboxylic acid groups (broad SMARTS) is 1. The molecular formula is C13H19N3O4. The van der Waals surface area contributed by atoms with Crippen molar-refractivity contribution in [2.45, 2.75) is 19.9 Å². The van der Waals surface area contributed by atoms with Crippen molar-refractivity contribution in [1.82, 2.24) is 4.90 Å². The van der Waals surface area contributed by atoms with Gasteiger partial charge in [-0.15, -0.1) is 0 Å². The predicted octanol–water partition coefficient (Wildman–Crippen LogP) is 1.96. The van der Waals surface area contributed by atoms with Gasteiger partial charge in [-0.05, 0) is 34.0 Å². The number of rotatable bonds is 6. The van der Waals surface area contributed by atoms with Gasteiger partial charge in [0, 0.05) is 29.9 Å². The first-order valence-electron chi connectivity index (χ1n) is 6.16. The smallest absolute Gasteiger partial charge is 0.336 e. The number of carboxylic acids is 1. The van der Waals surface area contributed by atoms with Crippen molar-refractivity contribution in [3.63, 3.8) is 0 Å². The van der Waals surface area contributed by atoms with Crippen LogP contribution in [0.2, 0.25) is 0 Å².